The maximum atomic E-state index is 13.0. The molecule has 2 rings (SSSR count). The lowest BCUT2D eigenvalue weighted by molar-refractivity contribution is -0.141. The van der Waals surface area contributed by atoms with E-state index in [0.29, 0.717) is 6.54 Å². The van der Waals surface area contributed by atoms with E-state index < -0.39 is 11.4 Å². The zero-order valence-electron chi connectivity index (χ0n) is 15.6. The average molecular weight is 346 g/mol. The molecule has 1 amide bonds. The maximum absolute atomic E-state index is 13.0. The fourth-order valence-electron chi connectivity index (χ4n) is 3.67. The van der Waals surface area contributed by atoms with Crippen LogP contribution in [0.5, 0.6) is 0 Å². The molecule has 1 fully saturated rings. The van der Waals surface area contributed by atoms with Gasteiger partial charge in [0.05, 0.1) is 6.54 Å². The molecule has 25 heavy (non-hydrogen) atoms. The van der Waals surface area contributed by atoms with Gasteiger partial charge in [-0.15, -0.1) is 0 Å². The predicted octanol–water partition coefficient (Wildman–Crippen LogP) is 2.65. The van der Waals surface area contributed by atoms with Gasteiger partial charge in [0.2, 0.25) is 5.91 Å². The molecule has 138 valence electrons. The molecule has 1 atom stereocenters. The molecule has 1 aliphatic heterocycles. The third-order valence-electron chi connectivity index (χ3n) is 5.06. The number of hydrogen-bond donors (Lipinski definition) is 1. The van der Waals surface area contributed by atoms with Gasteiger partial charge in [-0.3, -0.25) is 14.5 Å². The van der Waals surface area contributed by atoms with Crippen LogP contribution in [0.25, 0.3) is 0 Å². The summed E-state index contributed by atoms with van der Waals surface area (Å²) < 4.78 is 0. The molecule has 5 heteroatoms. The Kier molecular flexibility index (Phi) is 6.59. The van der Waals surface area contributed by atoms with Crippen molar-refractivity contribution in [1.29, 1.82) is 0 Å². The number of likely N-dealkylation sites (tertiary alicyclic amines) is 1. The van der Waals surface area contributed by atoms with Crippen molar-refractivity contribution in [2.75, 3.05) is 26.7 Å². The highest BCUT2D eigenvalue weighted by molar-refractivity contribution is 5.82. The summed E-state index contributed by atoms with van der Waals surface area (Å²) in [5, 5.41) is 8.97. The molecule has 1 aromatic carbocycles. The second-order valence-electron chi connectivity index (χ2n) is 7.73. The molecule has 0 spiro atoms. The van der Waals surface area contributed by atoms with Crippen LogP contribution in [0.3, 0.4) is 0 Å². The third kappa shape index (κ3) is 5.56. The first-order valence-corrected chi connectivity index (χ1v) is 9.05. The highest BCUT2D eigenvalue weighted by Gasteiger charge is 2.33. The van der Waals surface area contributed by atoms with E-state index in [1.165, 1.54) is 5.56 Å². The maximum Gasteiger partial charge on any atom is 0.317 e. The molecule has 0 saturated carbocycles. The minimum atomic E-state index is -0.802. The van der Waals surface area contributed by atoms with Crippen molar-refractivity contribution in [2.24, 2.45) is 5.41 Å². The van der Waals surface area contributed by atoms with Gasteiger partial charge in [-0.2, -0.15) is 0 Å². The van der Waals surface area contributed by atoms with E-state index in [1.807, 2.05) is 48.9 Å². The number of carbonyl (C=O) groups is 2. The quantitative estimate of drug-likeness (QED) is 0.860. The van der Waals surface area contributed by atoms with Crippen LogP contribution < -0.4 is 0 Å². The van der Waals surface area contributed by atoms with Gasteiger partial charge in [0.25, 0.3) is 0 Å². The number of carboxylic acids is 1. The van der Waals surface area contributed by atoms with Gasteiger partial charge in [-0.05, 0) is 38.3 Å². The fourth-order valence-corrected chi connectivity index (χ4v) is 3.67. The Labute approximate surface area is 150 Å². The van der Waals surface area contributed by atoms with Crippen LogP contribution >= 0.6 is 0 Å². The number of likely N-dealkylation sites (N-methyl/N-ethyl adjacent to an activating group) is 1. The number of carboxylic acid groups (broad SMARTS) is 1. The van der Waals surface area contributed by atoms with Gasteiger partial charge < -0.3 is 10.0 Å². The number of carbonyl (C=O) groups excluding carboxylic acids is 1. The van der Waals surface area contributed by atoms with E-state index >= 15 is 0 Å². The Bertz CT molecular complexity index is 586. The van der Waals surface area contributed by atoms with Gasteiger partial charge in [-0.25, -0.2) is 0 Å². The van der Waals surface area contributed by atoms with Crippen molar-refractivity contribution in [1.82, 2.24) is 9.80 Å². The van der Waals surface area contributed by atoms with Crippen LogP contribution in [-0.4, -0.2) is 59.5 Å². The number of benzene rings is 1. The molecule has 1 unspecified atom stereocenters. The van der Waals surface area contributed by atoms with Gasteiger partial charge in [0.15, 0.2) is 0 Å². The Morgan fingerprint density at radius 1 is 1.20 bits per heavy atom. The van der Waals surface area contributed by atoms with E-state index in [0.717, 1.165) is 32.2 Å². The van der Waals surface area contributed by atoms with Crippen molar-refractivity contribution >= 4 is 11.9 Å². The van der Waals surface area contributed by atoms with Crippen molar-refractivity contribution in [3.63, 3.8) is 0 Å². The average Bonchev–Trinajstić information content (AvgIpc) is 2.80. The largest absolute Gasteiger partial charge is 0.480 e. The lowest BCUT2D eigenvalue weighted by Gasteiger charge is -2.32. The van der Waals surface area contributed by atoms with Crippen molar-refractivity contribution < 1.29 is 14.7 Å². The van der Waals surface area contributed by atoms with E-state index in [1.54, 1.807) is 0 Å². The minimum Gasteiger partial charge on any atom is -0.480 e. The van der Waals surface area contributed by atoms with Crippen molar-refractivity contribution in [2.45, 2.75) is 45.6 Å². The number of rotatable bonds is 6. The number of amides is 1. The van der Waals surface area contributed by atoms with Gasteiger partial charge in [0, 0.05) is 24.5 Å². The summed E-state index contributed by atoms with van der Waals surface area (Å²) in [6.07, 6.45) is 3.41. The predicted molar refractivity (Wildman–Crippen MR) is 98.4 cm³/mol. The van der Waals surface area contributed by atoms with E-state index in [2.05, 4.69) is 12.1 Å². The number of hydrogen-bond acceptors (Lipinski definition) is 3. The molecule has 0 aliphatic carbocycles. The SMILES string of the molecule is CN(CC(=O)O)C1CCCN(C(=O)C(C)(C)Cc2ccccc2)CC1. The number of nitrogens with zero attached hydrogens (tertiary/aromatic N) is 2. The summed E-state index contributed by atoms with van der Waals surface area (Å²) in [5.74, 6) is -0.610. The van der Waals surface area contributed by atoms with E-state index in [9.17, 15) is 9.59 Å². The summed E-state index contributed by atoms with van der Waals surface area (Å²) in [7, 11) is 1.86. The Balaban J connectivity index is 1.96. The molecule has 5 nitrogen and oxygen atoms in total. The topological polar surface area (TPSA) is 60.9 Å². The first kappa shape index (κ1) is 19.4. The second kappa shape index (κ2) is 8.48. The summed E-state index contributed by atoms with van der Waals surface area (Å²) in [6.45, 7) is 5.54. The summed E-state index contributed by atoms with van der Waals surface area (Å²) in [6, 6.07) is 10.4. The Hall–Kier alpha value is -1.88. The lowest BCUT2D eigenvalue weighted by atomic mass is 9.84. The van der Waals surface area contributed by atoms with Crippen LogP contribution in [0.1, 0.15) is 38.7 Å². The summed E-state index contributed by atoms with van der Waals surface area (Å²) in [4.78, 5) is 27.8. The van der Waals surface area contributed by atoms with E-state index in [4.69, 9.17) is 5.11 Å². The highest BCUT2D eigenvalue weighted by atomic mass is 16.4. The van der Waals surface area contributed by atoms with Crippen LogP contribution in [-0.2, 0) is 16.0 Å². The van der Waals surface area contributed by atoms with Crippen LogP contribution in [0.15, 0.2) is 30.3 Å². The van der Waals surface area contributed by atoms with Gasteiger partial charge in [-0.1, -0.05) is 44.2 Å². The number of aliphatic carboxylic acids is 1. The van der Waals surface area contributed by atoms with Crippen LogP contribution in [0.2, 0.25) is 0 Å². The monoisotopic (exact) mass is 346 g/mol. The van der Waals surface area contributed by atoms with Crippen LogP contribution in [0, 0.1) is 5.41 Å². The summed E-state index contributed by atoms with van der Waals surface area (Å²) in [5.41, 5.74) is 0.739. The highest BCUT2D eigenvalue weighted by Crippen LogP contribution is 2.27. The normalized spacial score (nSPS) is 18.9. The molecule has 0 radical (unpaired) electrons. The molecular formula is C20H30N2O3. The fraction of sp³-hybridized carbons (Fsp3) is 0.600. The standard InChI is InChI=1S/C20H30N2O3/c1-20(2,14-16-8-5-4-6-9-16)19(25)22-12-7-10-17(11-13-22)21(3)15-18(23)24/h4-6,8-9,17H,7,10-15H2,1-3H3,(H,23,24). The van der Waals surface area contributed by atoms with Crippen molar-refractivity contribution in [3.8, 4) is 0 Å². The van der Waals surface area contributed by atoms with Gasteiger partial charge >= 0.3 is 5.97 Å². The zero-order valence-corrected chi connectivity index (χ0v) is 15.6. The molecule has 0 bridgehead atoms. The van der Waals surface area contributed by atoms with E-state index in [-0.39, 0.29) is 18.5 Å². The minimum absolute atomic E-state index is 0.0537. The Morgan fingerprint density at radius 3 is 2.52 bits per heavy atom. The second-order valence-corrected chi connectivity index (χ2v) is 7.73. The lowest BCUT2D eigenvalue weighted by Crippen LogP contribution is -2.43. The van der Waals surface area contributed by atoms with Gasteiger partial charge in [0.1, 0.15) is 0 Å². The molecule has 1 heterocycles. The molecule has 1 N–H and O–H groups in total. The molecule has 1 aliphatic rings. The van der Waals surface area contributed by atoms with Crippen LogP contribution in [0.4, 0.5) is 0 Å². The molecular weight excluding hydrogens is 316 g/mol. The Morgan fingerprint density at radius 2 is 1.88 bits per heavy atom. The molecule has 1 aromatic rings. The smallest absolute Gasteiger partial charge is 0.317 e. The first-order chi connectivity index (χ1) is 11.8. The molecule has 1 saturated heterocycles. The molecule has 0 aromatic heterocycles. The van der Waals surface area contributed by atoms with Crippen molar-refractivity contribution in [3.05, 3.63) is 35.9 Å². The first-order valence-electron chi connectivity index (χ1n) is 9.05. The third-order valence-corrected chi connectivity index (χ3v) is 5.06. The summed E-state index contributed by atoms with van der Waals surface area (Å²) >= 11 is 0. The zero-order chi connectivity index (χ0) is 18.4.